The highest BCUT2D eigenvalue weighted by molar-refractivity contribution is 7.98. The van der Waals surface area contributed by atoms with Crippen LogP contribution in [0.25, 0.3) is 0 Å². The fourth-order valence-electron chi connectivity index (χ4n) is 3.84. The Morgan fingerprint density at radius 1 is 1.30 bits per heavy atom. The maximum absolute atomic E-state index is 11.3. The second-order valence-electron chi connectivity index (χ2n) is 6.94. The summed E-state index contributed by atoms with van der Waals surface area (Å²) in [6.07, 6.45) is 6.06. The minimum Gasteiger partial charge on any atom is -0.467 e. The number of benzene rings is 1. The van der Waals surface area contributed by atoms with E-state index >= 15 is 0 Å². The fourth-order valence-corrected chi connectivity index (χ4v) is 4.86. The highest BCUT2D eigenvalue weighted by Crippen LogP contribution is 2.38. The van der Waals surface area contributed by atoms with E-state index in [0.717, 1.165) is 34.9 Å². The molecule has 9 heteroatoms. The Labute approximate surface area is 161 Å². The quantitative estimate of drug-likeness (QED) is 0.430. The predicted molar refractivity (Wildman–Crippen MR) is 99.8 cm³/mol. The van der Waals surface area contributed by atoms with E-state index in [-0.39, 0.29) is 17.4 Å². The maximum atomic E-state index is 11.3. The van der Waals surface area contributed by atoms with Crippen LogP contribution in [-0.4, -0.2) is 26.5 Å². The lowest BCUT2D eigenvalue weighted by molar-refractivity contribution is -0.385. The molecule has 0 spiro atoms. The van der Waals surface area contributed by atoms with E-state index < -0.39 is 0 Å². The van der Waals surface area contributed by atoms with Gasteiger partial charge in [-0.05, 0) is 19.8 Å². The number of nitro groups is 1. The molecule has 27 heavy (non-hydrogen) atoms. The molecule has 8 nitrogen and oxygen atoms in total. The van der Waals surface area contributed by atoms with Crippen molar-refractivity contribution in [3.63, 3.8) is 0 Å². The average molecular weight is 390 g/mol. The van der Waals surface area contributed by atoms with E-state index in [1.54, 1.807) is 17.8 Å². The number of hydrogen-bond acceptors (Lipinski definition) is 7. The fraction of sp³-hybridized carbons (Fsp3) is 0.556. The first-order valence-electron chi connectivity index (χ1n) is 9.18. The molecule has 2 aromatic rings. The monoisotopic (exact) mass is 390 g/mol. The molecule has 144 valence electrons. The summed E-state index contributed by atoms with van der Waals surface area (Å²) in [6, 6.07) is 3.56. The smallest absolute Gasteiger partial charge is 0.270 e. The van der Waals surface area contributed by atoms with Crippen LogP contribution in [0, 0.1) is 17.0 Å². The molecule has 0 unspecified atom stereocenters. The zero-order chi connectivity index (χ0) is 18.8. The SMILES string of the molecule is Cc1nnc(SCc2cc([N+](=O)[O-])cc3c2OCOC3)n1C1CCCCC1. The average Bonchev–Trinajstić information content (AvgIpc) is 3.07. The summed E-state index contributed by atoms with van der Waals surface area (Å²) in [7, 11) is 0. The molecule has 1 saturated carbocycles. The van der Waals surface area contributed by atoms with Crippen LogP contribution in [-0.2, 0) is 17.1 Å². The van der Waals surface area contributed by atoms with Gasteiger partial charge in [0.1, 0.15) is 11.6 Å². The Balaban J connectivity index is 1.59. The molecule has 1 fully saturated rings. The van der Waals surface area contributed by atoms with Gasteiger partial charge in [-0.15, -0.1) is 10.2 Å². The van der Waals surface area contributed by atoms with Crippen molar-refractivity contribution < 1.29 is 14.4 Å². The lowest BCUT2D eigenvalue weighted by Crippen LogP contribution is -2.15. The molecule has 1 aromatic carbocycles. The second kappa shape index (κ2) is 7.85. The van der Waals surface area contributed by atoms with Crippen LogP contribution >= 0.6 is 11.8 Å². The van der Waals surface area contributed by atoms with Gasteiger partial charge in [-0.1, -0.05) is 31.0 Å². The largest absolute Gasteiger partial charge is 0.467 e. The van der Waals surface area contributed by atoms with E-state index in [1.807, 2.05) is 6.92 Å². The first-order valence-corrected chi connectivity index (χ1v) is 10.2. The van der Waals surface area contributed by atoms with Gasteiger partial charge in [0.15, 0.2) is 11.9 Å². The zero-order valence-electron chi connectivity index (χ0n) is 15.2. The third-order valence-corrected chi connectivity index (χ3v) is 6.11. The van der Waals surface area contributed by atoms with E-state index in [2.05, 4.69) is 14.8 Å². The molecule has 0 saturated heterocycles. The number of ether oxygens (including phenoxy) is 2. The van der Waals surface area contributed by atoms with Gasteiger partial charge in [-0.25, -0.2) is 0 Å². The number of aryl methyl sites for hydroxylation is 1. The third kappa shape index (κ3) is 3.79. The van der Waals surface area contributed by atoms with Crippen LogP contribution in [0.4, 0.5) is 5.69 Å². The molecule has 1 aliphatic heterocycles. The van der Waals surface area contributed by atoms with Gasteiger partial charge in [-0.2, -0.15) is 0 Å². The molecule has 2 heterocycles. The summed E-state index contributed by atoms with van der Waals surface area (Å²) < 4.78 is 13.1. The minimum absolute atomic E-state index is 0.0587. The molecule has 1 aromatic heterocycles. The van der Waals surface area contributed by atoms with Crippen molar-refractivity contribution in [1.29, 1.82) is 0 Å². The van der Waals surface area contributed by atoms with E-state index in [9.17, 15) is 10.1 Å². The second-order valence-corrected chi connectivity index (χ2v) is 7.88. The number of nitro benzene ring substituents is 1. The summed E-state index contributed by atoms with van der Waals surface area (Å²) in [5.74, 6) is 2.16. The molecule has 2 aliphatic rings. The predicted octanol–water partition coefficient (Wildman–Crippen LogP) is 4.16. The highest BCUT2D eigenvalue weighted by Gasteiger charge is 2.24. The molecule has 0 amide bonds. The standard InChI is InChI=1S/C18H22N4O4S/c1-12-19-20-18(21(12)15-5-3-2-4-6-15)27-10-14-8-16(22(23)24)7-13-9-25-11-26-17(13)14/h7-8,15H,2-6,9-11H2,1H3. The molecule has 0 atom stereocenters. The summed E-state index contributed by atoms with van der Waals surface area (Å²) in [4.78, 5) is 10.9. The first kappa shape index (κ1) is 18.2. The van der Waals surface area contributed by atoms with Crippen LogP contribution in [0.1, 0.15) is 55.1 Å². The molecule has 0 radical (unpaired) electrons. The number of nitrogens with zero attached hydrogens (tertiary/aromatic N) is 4. The number of hydrogen-bond donors (Lipinski definition) is 0. The molecule has 0 N–H and O–H groups in total. The van der Waals surface area contributed by atoms with Crippen molar-refractivity contribution >= 4 is 17.4 Å². The van der Waals surface area contributed by atoms with Gasteiger partial charge in [0.05, 0.1) is 11.5 Å². The highest BCUT2D eigenvalue weighted by atomic mass is 32.2. The number of fused-ring (bicyclic) bond motifs is 1. The maximum Gasteiger partial charge on any atom is 0.270 e. The summed E-state index contributed by atoms with van der Waals surface area (Å²) in [6.45, 7) is 2.48. The van der Waals surface area contributed by atoms with Crippen molar-refractivity contribution in [3.8, 4) is 5.75 Å². The van der Waals surface area contributed by atoms with Gasteiger partial charge < -0.3 is 14.0 Å². The molecular weight excluding hydrogens is 368 g/mol. The molecule has 1 aliphatic carbocycles. The van der Waals surface area contributed by atoms with Crippen molar-refractivity contribution in [1.82, 2.24) is 14.8 Å². The molecular formula is C18H22N4O4S. The number of aromatic nitrogens is 3. The van der Waals surface area contributed by atoms with Crippen molar-refractivity contribution in [2.75, 3.05) is 6.79 Å². The third-order valence-electron chi connectivity index (χ3n) is 5.11. The number of thioether (sulfide) groups is 1. The van der Waals surface area contributed by atoms with Crippen LogP contribution < -0.4 is 4.74 Å². The minimum atomic E-state index is -0.377. The van der Waals surface area contributed by atoms with Crippen molar-refractivity contribution in [2.24, 2.45) is 0 Å². The topological polar surface area (TPSA) is 92.3 Å². The Morgan fingerprint density at radius 2 is 2.11 bits per heavy atom. The molecule has 0 bridgehead atoms. The first-order chi connectivity index (χ1) is 13.1. The summed E-state index contributed by atoms with van der Waals surface area (Å²) >= 11 is 1.55. The van der Waals surface area contributed by atoms with Gasteiger partial charge >= 0.3 is 0 Å². The van der Waals surface area contributed by atoms with E-state index in [4.69, 9.17) is 9.47 Å². The Bertz CT molecular complexity index is 848. The van der Waals surface area contributed by atoms with Gasteiger partial charge in [0.25, 0.3) is 5.69 Å². The van der Waals surface area contributed by atoms with Crippen LogP contribution in [0.15, 0.2) is 17.3 Å². The van der Waals surface area contributed by atoms with Gasteiger partial charge in [0.2, 0.25) is 0 Å². The summed E-state index contributed by atoms with van der Waals surface area (Å²) in [5.41, 5.74) is 1.57. The van der Waals surface area contributed by atoms with Crippen molar-refractivity contribution in [2.45, 2.75) is 62.6 Å². The zero-order valence-corrected chi connectivity index (χ0v) is 16.0. The lowest BCUT2D eigenvalue weighted by Gasteiger charge is -2.25. The normalized spacial score (nSPS) is 17.4. The number of non-ortho nitro benzene ring substituents is 1. The molecule has 4 rings (SSSR count). The van der Waals surface area contributed by atoms with Crippen LogP contribution in [0.3, 0.4) is 0 Å². The lowest BCUT2D eigenvalue weighted by atomic mass is 9.95. The van der Waals surface area contributed by atoms with Gasteiger partial charge in [0, 0.05) is 35.1 Å². The van der Waals surface area contributed by atoms with E-state index in [1.165, 1.54) is 25.3 Å². The summed E-state index contributed by atoms with van der Waals surface area (Å²) in [5, 5.41) is 20.8. The van der Waals surface area contributed by atoms with Crippen molar-refractivity contribution in [3.05, 3.63) is 39.2 Å². The Morgan fingerprint density at radius 3 is 2.89 bits per heavy atom. The number of rotatable bonds is 5. The Kier molecular flexibility index (Phi) is 5.31. The van der Waals surface area contributed by atoms with Crippen LogP contribution in [0.2, 0.25) is 0 Å². The van der Waals surface area contributed by atoms with Gasteiger partial charge in [-0.3, -0.25) is 10.1 Å². The van der Waals surface area contributed by atoms with E-state index in [0.29, 0.717) is 24.2 Å². The van der Waals surface area contributed by atoms with Crippen LogP contribution in [0.5, 0.6) is 5.75 Å². The Hall–Kier alpha value is -2.13.